The van der Waals surface area contributed by atoms with Crippen LogP contribution in [0.2, 0.25) is 5.02 Å². The zero-order valence-corrected chi connectivity index (χ0v) is 29.5. The highest BCUT2D eigenvalue weighted by Crippen LogP contribution is 2.63. The number of non-ortho nitro benzene ring substituents is 1. The summed E-state index contributed by atoms with van der Waals surface area (Å²) in [4.78, 5) is 70.8. The first-order valence-corrected chi connectivity index (χ1v) is 18.0. The lowest BCUT2D eigenvalue weighted by Gasteiger charge is -2.51. The number of allylic oxidation sites excluding steroid dienone is 3. The number of imide groups is 2. The molecule has 4 aromatic carbocycles. The van der Waals surface area contributed by atoms with E-state index in [1.54, 1.807) is 42.7 Å². The maximum atomic E-state index is 15.3. The third kappa shape index (κ3) is 5.17. The zero-order chi connectivity index (χ0) is 38.3. The van der Waals surface area contributed by atoms with Crippen LogP contribution in [0.4, 0.5) is 21.5 Å². The van der Waals surface area contributed by atoms with Gasteiger partial charge in [-0.3, -0.25) is 34.7 Å². The van der Waals surface area contributed by atoms with Crippen LogP contribution in [-0.4, -0.2) is 38.7 Å². The first-order valence-electron chi connectivity index (χ1n) is 17.6. The molecule has 0 unspecified atom stereocenters. The van der Waals surface area contributed by atoms with Crippen LogP contribution in [0.1, 0.15) is 24.0 Å². The Labute approximate surface area is 317 Å². The molecule has 6 atom stereocenters. The van der Waals surface area contributed by atoms with Crippen LogP contribution in [-0.2, 0) is 31.0 Å². The first kappa shape index (κ1) is 34.4. The van der Waals surface area contributed by atoms with Crippen LogP contribution in [0.25, 0.3) is 0 Å². The number of ether oxygens (including phenoxy) is 1. The number of carbonyl (C=O) groups excluding carboxylic acids is 4. The molecule has 0 bridgehead atoms. The van der Waals surface area contributed by atoms with Crippen molar-refractivity contribution in [2.75, 3.05) is 10.3 Å². The van der Waals surface area contributed by atoms with Gasteiger partial charge in [0.05, 0.1) is 45.7 Å². The number of phenols is 1. The van der Waals surface area contributed by atoms with Crippen molar-refractivity contribution >= 4 is 52.3 Å². The Hall–Kier alpha value is -6.34. The molecule has 276 valence electrons. The number of amides is 4. The minimum Gasteiger partial charge on any atom is -0.508 e. The summed E-state index contributed by atoms with van der Waals surface area (Å²) in [6, 6.07) is 21.9. The van der Waals surface area contributed by atoms with E-state index in [1.807, 2.05) is 6.08 Å². The zero-order valence-electron chi connectivity index (χ0n) is 28.7. The van der Waals surface area contributed by atoms with Crippen molar-refractivity contribution in [3.05, 3.63) is 147 Å². The topological polar surface area (TPSA) is 159 Å². The minimum absolute atomic E-state index is 0.00556. The van der Waals surface area contributed by atoms with Gasteiger partial charge in [-0.1, -0.05) is 41.4 Å². The van der Waals surface area contributed by atoms with Gasteiger partial charge in [0, 0.05) is 35.1 Å². The van der Waals surface area contributed by atoms with E-state index in [-0.39, 0.29) is 42.1 Å². The number of benzene rings is 4. The Morgan fingerprint density at radius 3 is 2.44 bits per heavy atom. The summed E-state index contributed by atoms with van der Waals surface area (Å²) < 4.78 is 20.0. The molecule has 3 fully saturated rings. The van der Waals surface area contributed by atoms with E-state index >= 15 is 4.79 Å². The smallest absolute Gasteiger partial charge is 0.271 e. The Morgan fingerprint density at radius 2 is 1.69 bits per heavy atom. The average Bonchev–Trinajstić information content (AvgIpc) is 3.56. The predicted octanol–water partition coefficient (Wildman–Crippen LogP) is 6.63. The lowest BCUT2D eigenvalue weighted by atomic mass is 9.48. The van der Waals surface area contributed by atoms with Gasteiger partial charge in [-0.15, -0.1) is 0 Å². The fourth-order valence-electron chi connectivity index (χ4n) is 9.47. The summed E-state index contributed by atoms with van der Waals surface area (Å²) >= 11 is 6.37. The van der Waals surface area contributed by atoms with E-state index in [1.165, 1.54) is 54.6 Å². The normalized spacial score (nSPS) is 26.7. The standard InChI is InChI=1S/C41H30ClFN4O8/c42-24-6-4-23(5-7-24)41-33(38(50)46(40(41)52)44-26-10-8-25(43)9-11-26)19-32-30(36(41)22-16-21-17-29(48)12-15-34(21)55-20-22)13-14-31-35(32)39(51)45(37(31)49)27-2-1-3-28(18-27)47(53)54/h1-13,15,17-18,20,31-33,35-36,44,48H,14,16,19H2/t31-,32+,33-,35-,36-,41+/m0/s1. The van der Waals surface area contributed by atoms with Crippen LogP contribution in [0.3, 0.4) is 0 Å². The fraction of sp³-hybridized carbons (Fsp3) is 0.220. The summed E-state index contributed by atoms with van der Waals surface area (Å²) in [6.45, 7) is 0. The Morgan fingerprint density at radius 1 is 0.927 bits per heavy atom. The van der Waals surface area contributed by atoms with E-state index < -0.39 is 69.4 Å². The Kier molecular flexibility index (Phi) is 7.90. The van der Waals surface area contributed by atoms with Crippen molar-refractivity contribution in [2.24, 2.45) is 29.6 Å². The van der Waals surface area contributed by atoms with Crippen molar-refractivity contribution in [2.45, 2.75) is 24.7 Å². The lowest BCUT2D eigenvalue weighted by molar-refractivity contribution is -0.384. The van der Waals surface area contributed by atoms with Crippen molar-refractivity contribution in [1.29, 1.82) is 0 Å². The van der Waals surface area contributed by atoms with Gasteiger partial charge in [0.25, 0.3) is 17.5 Å². The number of hydrogen-bond donors (Lipinski definition) is 2. The van der Waals surface area contributed by atoms with Gasteiger partial charge < -0.3 is 9.84 Å². The molecule has 0 spiro atoms. The van der Waals surface area contributed by atoms with Crippen LogP contribution < -0.4 is 15.1 Å². The van der Waals surface area contributed by atoms with Gasteiger partial charge >= 0.3 is 0 Å². The molecule has 2 saturated heterocycles. The second-order valence-electron chi connectivity index (χ2n) is 14.4. The molecule has 3 heterocycles. The number of carbonyl (C=O) groups is 4. The van der Waals surface area contributed by atoms with Gasteiger partial charge in [0.1, 0.15) is 17.3 Å². The highest BCUT2D eigenvalue weighted by atomic mass is 35.5. The number of nitro groups is 1. The van der Waals surface area contributed by atoms with Crippen LogP contribution in [0.5, 0.6) is 11.5 Å². The molecule has 4 aromatic rings. The predicted molar refractivity (Wildman–Crippen MR) is 196 cm³/mol. The second kappa shape index (κ2) is 12.6. The third-order valence-corrected chi connectivity index (χ3v) is 12.0. The fourth-order valence-corrected chi connectivity index (χ4v) is 9.60. The summed E-state index contributed by atoms with van der Waals surface area (Å²) in [5, 5.41) is 23.4. The van der Waals surface area contributed by atoms with Crippen LogP contribution in [0.15, 0.2) is 114 Å². The molecule has 5 aliphatic rings. The molecular formula is C41H30ClFN4O8. The molecule has 2 N–H and O–H groups in total. The number of fused-ring (bicyclic) bond motifs is 5. The molecule has 3 aliphatic heterocycles. The van der Waals surface area contributed by atoms with Crippen molar-refractivity contribution < 1.29 is 38.3 Å². The highest BCUT2D eigenvalue weighted by Gasteiger charge is 2.70. The first-order chi connectivity index (χ1) is 26.5. The van der Waals surface area contributed by atoms with Gasteiger partial charge in [0.2, 0.25) is 11.8 Å². The van der Waals surface area contributed by atoms with Crippen molar-refractivity contribution in [3.8, 4) is 11.5 Å². The summed E-state index contributed by atoms with van der Waals surface area (Å²) in [7, 11) is 0. The van der Waals surface area contributed by atoms with E-state index in [0.29, 0.717) is 33.0 Å². The third-order valence-electron chi connectivity index (χ3n) is 11.7. The number of aromatic hydroxyl groups is 1. The number of hydrogen-bond acceptors (Lipinski definition) is 9. The van der Waals surface area contributed by atoms with E-state index in [2.05, 4.69) is 5.43 Å². The van der Waals surface area contributed by atoms with E-state index in [0.717, 1.165) is 9.91 Å². The molecule has 9 rings (SSSR count). The number of nitrogens with zero attached hydrogens (tertiary/aromatic N) is 3. The summed E-state index contributed by atoms with van der Waals surface area (Å²) in [5.74, 6) is -6.67. The second-order valence-corrected chi connectivity index (χ2v) is 14.9. The minimum atomic E-state index is -1.61. The average molecular weight is 761 g/mol. The summed E-state index contributed by atoms with van der Waals surface area (Å²) in [6.07, 6.45) is 3.80. The molecule has 55 heavy (non-hydrogen) atoms. The molecule has 0 aromatic heterocycles. The maximum absolute atomic E-state index is 15.3. The molecule has 1 saturated carbocycles. The maximum Gasteiger partial charge on any atom is 0.271 e. The van der Waals surface area contributed by atoms with Gasteiger partial charge in [-0.2, -0.15) is 5.01 Å². The molecule has 4 amide bonds. The molecule has 2 aliphatic carbocycles. The highest BCUT2D eigenvalue weighted by molar-refractivity contribution is 6.30. The quantitative estimate of drug-likeness (QED) is 0.0952. The van der Waals surface area contributed by atoms with Crippen LogP contribution in [0, 0.1) is 45.5 Å². The largest absolute Gasteiger partial charge is 0.508 e. The van der Waals surface area contributed by atoms with Gasteiger partial charge in [-0.05, 0) is 90.6 Å². The molecule has 14 heteroatoms. The van der Waals surface area contributed by atoms with Gasteiger partial charge in [-0.25, -0.2) is 9.29 Å². The Balaban J connectivity index is 1.22. The van der Waals surface area contributed by atoms with Gasteiger partial charge in [0.15, 0.2) is 0 Å². The van der Waals surface area contributed by atoms with E-state index in [9.17, 15) is 34.0 Å². The summed E-state index contributed by atoms with van der Waals surface area (Å²) in [5.41, 5.74) is 3.79. The number of halogens is 2. The van der Waals surface area contributed by atoms with Crippen molar-refractivity contribution in [3.63, 3.8) is 0 Å². The van der Waals surface area contributed by atoms with Crippen molar-refractivity contribution in [1.82, 2.24) is 5.01 Å². The number of hydrazine groups is 1. The SMILES string of the molecule is O=C1[C@@H]2C[C@@H]3C(=CC[C@@H]4C(=O)N(c5cccc([N+](=O)[O-])c5)C(=O)[C@@H]43)[C@H](C3=COc4ccc(O)cc4C3)[C@]2(c2ccc(Cl)cc2)C(=O)N1Nc1ccc(F)cc1. The molecule has 12 nitrogen and oxygen atoms in total. The number of rotatable bonds is 6. The number of anilines is 2. The Bertz CT molecular complexity index is 2420. The number of nitrogens with one attached hydrogen (secondary N) is 1. The van der Waals surface area contributed by atoms with E-state index in [4.69, 9.17) is 16.3 Å². The monoisotopic (exact) mass is 760 g/mol. The number of phenolic OH excluding ortho intramolecular Hbond substituents is 1. The number of nitro benzene ring substituents is 1. The lowest BCUT2D eigenvalue weighted by Crippen LogP contribution is -2.55. The molecular weight excluding hydrogens is 731 g/mol. The van der Waals surface area contributed by atoms with Crippen LogP contribution >= 0.6 is 11.6 Å². The molecule has 0 radical (unpaired) electrons.